The van der Waals surface area contributed by atoms with E-state index in [1.54, 1.807) is 5.57 Å². The summed E-state index contributed by atoms with van der Waals surface area (Å²) in [5.41, 5.74) is 3.44. The van der Waals surface area contributed by atoms with Gasteiger partial charge in [0.15, 0.2) is 0 Å². The molecule has 0 nitrogen and oxygen atoms in total. The highest BCUT2D eigenvalue weighted by atomic mass is 14.6. The molecular weight excluding hydrogens is 300 g/mol. The molecule has 0 N–H and O–H groups in total. The molecule has 0 aromatic heterocycles. The maximum Gasteiger partial charge on any atom is -0.00851 e. The van der Waals surface area contributed by atoms with Crippen molar-refractivity contribution < 1.29 is 0 Å². The molecule has 4 aliphatic rings. The van der Waals surface area contributed by atoms with E-state index in [0.717, 1.165) is 29.6 Å². The molecule has 0 saturated heterocycles. The van der Waals surface area contributed by atoms with Crippen molar-refractivity contribution in [2.75, 3.05) is 0 Å². The highest BCUT2D eigenvalue weighted by Crippen LogP contribution is 2.66. The Hall–Kier alpha value is -0.260. The van der Waals surface area contributed by atoms with Gasteiger partial charge in [-0.1, -0.05) is 46.3 Å². The minimum absolute atomic E-state index is 0.509. The molecule has 0 bridgehead atoms. The molecule has 0 aliphatic heterocycles. The summed E-state index contributed by atoms with van der Waals surface area (Å²) in [6.45, 7) is 15.1. The van der Waals surface area contributed by atoms with Crippen molar-refractivity contribution in [1.82, 2.24) is 0 Å². The average molecular weight is 343 g/mol. The van der Waals surface area contributed by atoms with Gasteiger partial charge >= 0.3 is 0 Å². The fourth-order valence-electron chi connectivity index (χ4n) is 8.18. The predicted octanol–water partition coefficient (Wildman–Crippen LogP) is 7.64. The Kier molecular flexibility index (Phi) is 4.25. The van der Waals surface area contributed by atoms with Crippen LogP contribution in [0.5, 0.6) is 0 Å². The minimum atomic E-state index is 0.509. The first-order chi connectivity index (χ1) is 11.6. The molecule has 0 aromatic carbocycles. The van der Waals surface area contributed by atoms with Gasteiger partial charge < -0.3 is 0 Å². The number of hydrogen-bond acceptors (Lipinski definition) is 0. The van der Waals surface area contributed by atoms with Crippen LogP contribution >= 0.6 is 0 Å². The normalized spacial score (nSPS) is 49.8. The molecule has 4 aliphatic carbocycles. The number of allylic oxidation sites excluding steroid dienone is 2. The van der Waals surface area contributed by atoms with Gasteiger partial charge in [-0.2, -0.15) is 0 Å². The summed E-state index contributed by atoms with van der Waals surface area (Å²) in [7, 11) is 0. The van der Waals surface area contributed by atoms with Crippen LogP contribution in [0.25, 0.3) is 0 Å². The summed E-state index contributed by atoms with van der Waals surface area (Å²) >= 11 is 0. The van der Waals surface area contributed by atoms with E-state index in [2.05, 4.69) is 47.6 Å². The first-order valence-electron chi connectivity index (χ1n) is 11.3. The van der Waals surface area contributed by atoms with Crippen LogP contribution in [0.3, 0.4) is 0 Å². The van der Waals surface area contributed by atoms with Crippen LogP contribution in [0, 0.1) is 45.8 Å². The van der Waals surface area contributed by atoms with Crippen molar-refractivity contribution in [2.45, 2.75) is 99.3 Å². The van der Waals surface area contributed by atoms with Crippen molar-refractivity contribution in [3.05, 3.63) is 11.6 Å². The third-order valence-corrected chi connectivity index (χ3v) is 9.64. The Morgan fingerprint density at radius 2 is 1.76 bits per heavy atom. The Morgan fingerprint density at radius 1 is 1.00 bits per heavy atom. The van der Waals surface area contributed by atoms with Crippen LogP contribution in [-0.4, -0.2) is 0 Å². The van der Waals surface area contributed by atoms with Gasteiger partial charge in [-0.25, -0.2) is 0 Å². The average Bonchev–Trinajstić information content (AvgIpc) is 2.82. The molecule has 3 saturated carbocycles. The van der Waals surface area contributed by atoms with Crippen molar-refractivity contribution in [3.8, 4) is 0 Å². The lowest BCUT2D eigenvalue weighted by atomic mass is 9.44. The van der Waals surface area contributed by atoms with Crippen LogP contribution in [-0.2, 0) is 0 Å². The highest BCUT2D eigenvalue weighted by Gasteiger charge is 2.57. The molecule has 0 heteroatoms. The molecule has 0 amide bonds. The molecule has 142 valence electrons. The standard InChI is InChI=1S/C25H42/c1-17-7-10-21-20-9-8-19-15-18(16-23(2,3)4)11-13-25(19,6)22(20)12-14-24(17,21)5/h7,18-22H,8-16H2,1-6H3. The summed E-state index contributed by atoms with van der Waals surface area (Å²) in [5, 5.41) is 0. The van der Waals surface area contributed by atoms with E-state index in [1.165, 1.54) is 57.8 Å². The van der Waals surface area contributed by atoms with E-state index in [4.69, 9.17) is 0 Å². The lowest BCUT2D eigenvalue weighted by Gasteiger charge is -2.61. The Morgan fingerprint density at radius 3 is 2.48 bits per heavy atom. The third-order valence-electron chi connectivity index (χ3n) is 9.64. The first kappa shape index (κ1) is 18.1. The van der Waals surface area contributed by atoms with Gasteiger partial charge in [-0.05, 0) is 111 Å². The van der Waals surface area contributed by atoms with E-state index in [0.29, 0.717) is 16.2 Å². The SMILES string of the molecule is CC1=CCC2C3CCC4CC(CC(C)(C)C)CCC4(C)C3CCC12C. The first-order valence-corrected chi connectivity index (χ1v) is 11.3. The second-order valence-corrected chi connectivity index (χ2v) is 12.1. The quantitative estimate of drug-likeness (QED) is 0.429. The van der Waals surface area contributed by atoms with Crippen LogP contribution in [0.2, 0.25) is 0 Å². The maximum absolute atomic E-state index is 2.72. The van der Waals surface area contributed by atoms with Crippen LogP contribution in [0.4, 0.5) is 0 Å². The molecule has 7 unspecified atom stereocenters. The van der Waals surface area contributed by atoms with E-state index >= 15 is 0 Å². The fraction of sp³-hybridized carbons (Fsp3) is 0.920. The Bertz CT molecular complexity index is 549. The summed E-state index contributed by atoms with van der Waals surface area (Å²) in [6.07, 6.45) is 16.0. The van der Waals surface area contributed by atoms with E-state index in [-0.39, 0.29) is 0 Å². The van der Waals surface area contributed by atoms with Crippen molar-refractivity contribution in [3.63, 3.8) is 0 Å². The molecule has 3 fully saturated rings. The topological polar surface area (TPSA) is 0 Å². The van der Waals surface area contributed by atoms with Crippen LogP contribution in [0.1, 0.15) is 99.3 Å². The molecular formula is C25H42. The summed E-state index contributed by atoms with van der Waals surface area (Å²) < 4.78 is 0. The van der Waals surface area contributed by atoms with E-state index < -0.39 is 0 Å². The molecule has 4 rings (SSSR count). The number of fused-ring (bicyclic) bond motifs is 5. The summed E-state index contributed by atoms with van der Waals surface area (Å²) in [6, 6.07) is 0. The largest absolute Gasteiger partial charge is 0.0847 e. The molecule has 0 spiro atoms. The zero-order valence-corrected chi connectivity index (χ0v) is 17.8. The molecule has 7 atom stereocenters. The van der Waals surface area contributed by atoms with Crippen molar-refractivity contribution in [2.24, 2.45) is 45.8 Å². The number of rotatable bonds is 1. The van der Waals surface area contributed by atoms with E-state index in [9.17, 15) is 0 Å². The minimum Gasteiger partial charge on any atom is -0.0847 e. The van der Waals surface area contributed by atoms with Gasteiger partial charge in [0.1, 0.15) is 0 Å². The Balaban J connectivity index is 1.51. The van der Waals surface area contributed by atoms with Crippen LogP contribution < -0.4 is 0 Å². The highest BCUT2D eigenvalue weighted by molar-refractivity contribution is 5.23. The molecule has 0 heterocycles. The van der Waals surface area contributed by atoms with E-state index in [1.807, 2.05) is 0 Å². The maximum atomic E-state index is 2.72. The monoisotopic (exact) mass is 342 g/mol. The second-order valence-electron chi connectivity index (χ2n) is 12.1. The summed E-state index contributed by atoms with van der Waals surface area (Å²) in [4.78, 5) is 0. The molecule has 0 aromatic rings. The van der Waals surface area contributed by atoms with Crippen molar-refractivity contribution in [1.29, 1.82) is 0 Å². The van der Waals surface area contributed by atoms with Gasteiger partial charge in [0.25, 0.3) is 0 Å². The van der Waals surface area contributed by atoms with Gasteiger partial charge in [-0.15, -0.1) is 0 Å². The lowest BCUT2D eigenvalue weighted by Crippen LogP contribution is -2.53. The number of hydrogen-bond donors (Lipinski definition) is 0. The third kappa shape index (κ3) is 2.85. The van der Waals surface area contributed by atoms with Gasteiger partial charge in [0.2, 0.25) is 0 Å². The van der Waals surface area contributed by atoms with Gasteiger partial charge in [0.05, 0.1) is 0 Å². The zero-order valence-electron chi connectivity index (χ0n) is 17.8. The fourth-order valence-corrected chi connectivity index (χ4v) is 8.18. The van der Waals surface area contributed by atoms with Crippen molar-refractivity contribution >= 4 is 0 Å². The second kappa shape index (κ2) is 5.87. The predicted molar refractivity (Wildman–Crippen MR) is 108 cm³/mol. The zero-order chi connectivity index (χ0) is 18.0. The lowest BCUT2D eigenvalue weighted by molar-refractivity contribution is -0.109. The Labute approximate surface area is 157 Å². The summed E-state index contributed by atoms with van der Waals surface area (Å²) in [5.74, 6) is 5.04. The van der Waals surface area contributed by atoms with Gasteiger partial charge in [-0.3, -0.25) is 0 Å². The van der Waals surface area contributed by atoms with Crippen LogP contribution in [0.15, 0.2) is 11.6 Å². The van der Waals surface area contributed by atoms with Gasteiger partial charge in [0, 0.05) is 0 Å². The molecule has 0 radical (unpaired) electrons. The molecule has 25 heavy (non-hydrogen) atoms. The smallest absolute Gasteiger partial charge is 0.00851 e.